The first-order chi connectivity index (χ1) is 8.15. The quantitative estimate of drug-likeness (QED) is 0.816. The maximum atomic E-state index is 11.7. The highest BCUT2D eigenvalue weighted by Gasteiger charge is 2.06. The highest BCUT2D eigenvalue weighted by atomic mass is 127. The van der Waals surface area contributed by atoms with Crippen LogP contribution in [0.5, 0.6) is 0 Å². The van der Waals surface area contributed by atoms with Crippen molar-refractivity contribution < 1.29 is 4.79 Å². The number of aromatic nitrogens is 2. The normalized spacial score (nSPS) is 9.94. The average Bonchev–Trinajstić information content (AvgIpc) is 2.32. The summed E-state index contributed by atoms with van der Waals surface area (Å²) in [5, 5.41) is 2.61. The van der Waals surface area contributed by atoms with Gasteiger partial charge < -0.3 is 10.3 Å². The third-order valence-electron chi connectivity index (χ3n) is 2.01. The van der Waals surface area contributed by atoms with Gasteiger partial charge in [-0.3, -0.25) is 9.59 Å². The van der Waals surface area contributed by atoms with E-state index in [0.29, 0.717) is 11.4 Å². The number of hydrogen-bond acceptors (Lipinski definition) is 3. The van der Waals surface area contributed by atoms with Gasteiger partial charge in [-0.05, 0) is 40.8 Å². The van der Waals surface area contributed by atoms with E-state index in [1.165, 1.54) is 18.3 Å². The van der Waals surface area contributed by atoms with Crippen molar-refractivity contribution in [2.24, 2.45) is 0 Å². The second-order valence-electron chi connectivity index (χ2n) is 3.26. The zero-order valence-corrected chi connectivity index (χ0v) is 10.8. The molecule has 0 bridgehead atoms. The monoisotopic (exact) mass is 341 g/mol. The highest BCUT2D eigenvalue weighted by molar-refractivity contribution is 14.1. The van der Waals surface area contributed by atoms with Crippen LogP contribution in [0.25, 0.3) is 0 Å². The lowest BCUT2D eigenvalue weighted by Crippen LogP contribution is -2.16. The second kappa shape index (κ2) is 5.09. The molecular weight excluding hydrogens is 333 g/mol. The molecule has 0 aromatic carbocycles. The number of nitrogens with zero attached hydrogens (tertiary/aromatic N) is 1. The summed E-state index contributed by atoms with van der Waals surface area (Å²) < 4.78 is 0.983. The Bertz CT molecular complexity index is 592. The fraction of sp³-hybridized carbons (Fsp3) is 0. The summed E-state index contributed by atoms with van der Waals surface area (Å²) in [5.41, 5.74) is -0.0117. The van der Waals surface area contributed by atoms with E-state index >= 15 is 0 Å². The molecule has 6 heteroatoms. The van der Waals surface area contributed by atoms with Crippen molar-refractivity contribution in [1.29, 1.82) is 0 Å². The Morgan fingerprint density at radius 1 is 1.35 bits per heavy atom. The third kappa shape index (κ3) is 3.13. The molecule has 2 rings (SSSR count). The fourth-order valence-corrected chi connectivity index (χ4v) is 1.54. The van der Waals surface area contributed by atoms with Crippen molar-refractivity contribution in [3.63, 3.8) is 0 Å². The molecule has 0 radical (unpaired) electrons. The molecule has 0 saturated carbocycles. The number of carbonyl (C=O) groups excluding carboxylic acids is 1. The maximum absolute atomic E-state index is 11.7. The molecule has 17 heavy (non-hydrogen) atoms. The topological polar surface area (TPSA) is 74.8 Å². The Kier molecular flexibility index (Phi) is 3.52. The number of hydrogen-bond donors (Lipinski definition) is 2. The Morgan fingerprint density at radius 2 is 2.18 bits per heavy atom. The number of nitrogens with one attached hydrogen (secondary N) is 2. The van der Waals surface area contributed by atoms with Crippen molar-refractivity contribution in [2.75, 3.05) is 5.32 Å². The number of anilines is 1. The molecule has 0 aliphatic carbocycles. The minimum atomic E-state index is -0.357. The first kappa shape index (κ1) is 11.8. The van der Waals surface area contributed by atoms with E-state index in [1.807, 2.05) is 6.07 Å². The maximum Gasteiger partial charge on any atom is 0.257 e. The van der Waals surface area contributed by atoms with Crippen molar-refractivity contribution in [1.82, 2.24) is 9.97 Å². The number of amides is 1. The van der Waals surface area contributed by atoms with Gasteiger partial charge in [0, 0.05) is 27.6 Å². The van der Waals surface area contributed by atoms with Gasteiger partial charge in [0.15, 0.2) is 0 Å². The molecule has 0 spiro atoms. The zero-order valence-electron chi connectivity index (χ0n) is 8.61. The molecular formula is C11H8IN3O2. The SMILES string of the molecule is O=C(Nc1ccc(I)cn1)c1cc[nH]c(=O)c1. The largest absolute Gasteiger partial charge is 0.329 e. The van der Waals surface area contributed by atoms with Crippen LogP contribution in [0, 0.1) is 3.57 Å². The summed E-state index contributed by atoms with van der Waals surface area (Å²) in [7, 11) is 0. The van der Waals surface area contributed by atoms with Gasteiger partial charge in [0.25, 0.3) is 5.91 Å². The molecule has 2 aromatic rings. The Hall–Kier alpha value is -1.70. The predicted octanol–water partition coefficient (Wildman–Crippen LogP) is 1.63. The van der Waals surface area contributed by atoms with Gasteiger partial charge in [0.05, 0.1) is 0 Å². The summed E-state index contributed by atoms with van der Waals surface area (Å²) >= 11 is 2.13. The van der Waals surface area contributed by atoms with Crippen molar-refractivity contribution in [2.45, 2.75) is 0 Å². The molecule has 0 atom stereocenters. The van der Waals surface area contributed by atoms with Gasteiger partial charge in [-0.25, -0.2) is 4.98 Å². The zero-order chi connectivity index (χ0) is 12.3. The highest BCUT2D eigenvalue weighted by Crippen LogP contribution is 2.08. The third-order valence-corrected chi connectivity index (χ3v) is 2.64. The average molecular weight is 341 g/mol. The van der Waals surface area contributed by atoms with Crippen LogP contribution in [0.15, 0.2) is 41.5 Å². The van der Waals surface area contributed by atoms with Gasteiger partial charge in [-0.15, -0.1) is 0 Å². The van der Waals surface area contributed by atoms with Crippen LogP contribution in [0.2, 0.25) is 0 Å². The summed E-state index contributed by atoms with van der Waals surface area (Å²) in [6.45, 7) is 0. The predicted molar refractivity (Wildman–Crippen MR) is 72.0 cm³/mol. The molecule has 5 nitrogen and oxygen atoms in total. The number of halogens is 1. The van der Waals surface area contributed by atoms with E-state index in [0.717, 1.165) is 3.57 Å². The van der Waals surface area contributed by atoms with E-state index in [4.69, 9.17) is 0 Å². The van der Waals surface area contributed by atoms with E-state index in [2.05, 4.69) is 37.9 Å². The number of H-pyrrole nitrogens is 1. The standard InChI is InChI=1S/C11H8IN3O2/c12-8-1-2-9(14-6-8)15-11(17)7-3-4-13-10(16)5-7/h1-6H,(H,13,16)(H,14,15,17). The molecule has 2 N–H and O–H groups in total. The van der Waals surface area contributed by atoms with Crippen LogP contribution >= 0.6 is 22.6 Å². The molecule has 0 fully saturated rings. The lowest BCUT2D eigenvalue weighted by Gasteiger charge is -2.03. The van der Waals surface area contributed by atoms with Crippen LogP contribution < -0.4 is 10.9 Å². The summed E-state index contributed by atoms with van der Waals surface area (Å²) in [6, 6.07) is 6.30. The molecule has 0 saturated heterocycles. The second-order valence-corrected chi connectivity index (χ2v) is 4.50. The fourth-order valence-electron chi connectivity index (χ4n) is 1.22. The summed E-state index contributed by atoms with van der Waals surface area (Å²) in [6.07, 6.45) is 3.08. The lowest BCUT2D eigenvalue weighted by molar-refractivity contribution is 0.102. The Balaban J connectivity index is 2.17. The molecule has 2 heterocycles. The summed E-state index contributed by atoms with van der Waals surface area (Å²) in [5.74, 6) is 0.0977. The first-order valence-corrected chi connectivity index (χ1v) is 5.85. The van der Waals surface area contributed by atoms with Crippen LogP contribution in [0.1, 0.15) is 10.4 Å². The van der Waals surface area contributed by atoms with E-state index < -0.39 is 0 Å². The van der Waals surface area contributed by atoms with Gasteiger partial charge in [0.2, 0.25) is 5.56 Å². The Labute approximate surface area is 110 Å². The minimum Gasteiger partial charge on any atom is -0.329 e. The molecule has 86 valence electrons. The van der Waals surface area contributed by atoms with Gasteiger partial charge in [0.1, 0.15) is 5.82 Å². The number of rotatable bonds is 2. The smallest absolute Gasteiger partial charge is 0.257 e. The van der Waals surface area contributed by atoms with Crippen LogP contribution in [0.4, 0.5) is 5.82 Å². The van der Waals surface area contributed by atoms with Crippen LogP contribution in [-0.2, 0) is 0 Å². The number of aromatic amines is 1. The lowest BCUT2D eigenvalue weighted by atomic mass is 10.2. The van der Waals surface area contributed by atoms with Gasteiger partial charge in [-0.1, -0.05) is 0 Å². The van der Waals surface area contributed by atoms with Crippen molar-refractivity contribution in [3.8, 4) is 0 Å². The van der Waals surface area contributed by atoms with Crippen molar-refractivity contribution in [3.05, 3.63) is 56.1 Å². The molecule has 2 aromatic heterocycles. The molecule has 0 aliphatic rings. The summed E-state index contributed by atoms with van der Waals surface area (Å²) in [4.78, 5) is 29.3. The van der Waals surface area contributed by atoms with E-state index in [1.54, 1.807) is 12.3 Å². The van der Waals surface area contributed by atoms with Crippen LogP contribution in [0.3, 0.4) is 0 Å². The molecule has 0 aliphatic heterocycles. The van der Waals surface area contributed by atoms with Crippen LogP contribution in [-0.4, -0.2) is 15.9 Å². The Morgan fingerprint density at radius 3 is 2.82 bits per heavy atom. The van der Waals surface area contributed by atoms with E-state index in [-0.39, 0.29) is 11.5 Å². The molecule has 0 unspecified atom stereocenters. The number of pyridine rings is 2. The minimum absolute atomic E-state index is 0.300. The first-order valence-electron chi connectivity index (χ1n) is 4.77. The van der Waals surface area contributed by atoms with Gasteiger partial charge >= 0.3 is 0 Å². The van der Waals surface area contributed by atoms with Gasteiger partial charge in [-0.2, -0.15) is 0 Å². The number of carbonyl (C=O) groups is 1. The van der Waals surface area contributed by atoms with Crippen molar-refractivity contribution >= 4 is 34.3 Å². The van der Waals surface area contributed by atoms with E-state index in [9.17, 15) is 9.59 Å². The molecule has 1 amide bonds.